The van der Waals surface area contributed by atoms with E-state index < -0.39 is 0 Å². The number of anilines is 1. The number of carbonyl (C=O) groups is 1. The second-order valence-corrected chi connectivity index (χ2v) is 8.34. The Morgan fingerprint density at radius 1 is 1.31 bits per heavy atom. The minimum atomic E-state index is -0.244. The largest absolute Gasteiger partial charge is 0.334 e. The van der Waals surface area contributed by atoms with Gasteiger partial charge in [-0.1, -0.05) is 29.8 Å². The zero-order valence-electron chi connectivity index (χ0n) is 17.5. The summed E-state index contributed by atoms with van der Waals surface area (Å²) in [6.45, 7) is 4.82. The highest BCUT2D eigenvalue weighted by Crippen LogP contribution is 2.23. The van der Waals surface area contributed by atoms with Crippen LogP contribution in [0.2, 0.25) is 5.02 Å². The number of hydrogen-bond donors (Lipinski definition) is 2. The number of piperazine rings is 1. The number of nitrogens with one attached hydrogen (secondary N) is 2. The third-order valence-electron chi connectivity index (χ3n) is 5.15. The van der Waals surface area contributed by atoms with Crippen molar-refractivity contribution in [1.82, 2.24) is 15.1 Å². The Labute approximate surface area is 197 Å². The first kappa shape index (κ1) is 23.7. The number of benzene rings is 2. The molecule has 0 bridgehead atoms. The Morgan fingerprint density at radius 2 is 2.06 bits per heavy atom. The number of nitrogens with zero attached hydrogens (tertiary/aromatic N) is 3. The highest BCUT2D eigenvalue weighted by molar-refractivity contribution is 7.80. The number of rotatable bonds is 5. The molecule has 3 rings (SSSR count). The number of halogens is 2. The fourth-order valence-corrected chi connectivity index (χ4v) is 3.92. The van der Waals surface area contributed by atoms with Crippen LogP contribution in [0, 0.1) is 17.3 Å². The number of carbonyl (C=O) groups excluding carboxylic acids is 1. The maximum Gasteiger partial charge on any atom is 0.246 e. The van der Waals surface area contributed by atoms with Gasteiger partial charge in [0.25, 0.3) is 0 Å². The van der Waals surface area contributed by atoms with Crippen LogP contribution in [-0.2, 0) is 11.3 Å². The maximum atomic E-state index is 13.1. The molecule has 0 spiro atoms. The predicted molar refractivity (Wildman–Crippen MR) is 128 cm³/mol. The van der Waals surface area contributed by atoms with Gasteiger partial charge in [-0.3, -0.25) is 15.0 Å². The van der Waals surface area contributed by atoms with Crippen LogP contribution in [0.1, 0.15) is 18.1 Å². The Bertz CT molecular complexity index is 1050. The number of hydrogen-bond acceptors (Lipinski definition) is 4. The number of nitriles is 1. The lowest BCUT2D eigenvalue weighted by atomic mass is 10.1. The summed E-state index contributed by atoms with van der Waals surface area (Å²) in [6.07, 6.45) is 4.99. The highest BCUT2D eigenvalue weighted by atomic mass is 35.5. The van der Waals surface area contributed by atoms with Crippen LogP contribution in [0.15, 0.2) is 48.5 Å². The summed E-state index contributed by atoms with van der Waals surface area (Å²) in [4.78, 5) is 16.9. The molecule has 1 unspecified atom stereocenters. The van der Waals surface area contributed by atoms with Crippen LogP contribution >= 0.6 is 23.8 Å². The highest BCUT2D eigenvalue weighted by Gasteiger charge is 2.26. The zero-order chi connectivity index (χ0) is 23.1. The molecule has 1 aliphatic rings. The first-order chi connectivity index (χ1) is 15.4. The van der Waals surface area contributed by atoms with E-state index in [2.05, 4.69) is 15.5 Å². The molecule has 0 aliphatic carbocycles. The molecule has 2 N–H and O–H groups in total. The van der Waals surface area contributed by atoms with Crippen molar-refractivity contribution < 1.29 is 9.18 Å². The standard InChI is InChI=1S/C23H23ClFN5OS/c1-16-13-29(14-17-2-7-20(25)8-3-17)10-11-30(16)22(31)9-5-18-4-6-19(24)12-21(18)28-23(32)27-15-26/h2-9,12,16H,10-11,13-14H2,1H3,(H2,27,28,32)/b9-5+. The van der Waals surface area contributed by atoms with Crippen molar-refractivity contribution in [2.75, 3.05) is 25.0 Å². The van der Waals surface area contributed by atoms with Crippen LogP contribution in [0.4, 0.5) is 10.1 Å². The lowest BCUT2D eigenvalue weighted by Crippen LogP contribution is -2.53. The van der Waals surface area contributed by atoms with Gasteiger partial charge in [0.05, 0.1) is 0 Å². The van der Waals surface area contributed by atoms with Crippen LogP contribution < -0.4 is 10.6 Å². The van der Waals surface area contributed by atoms with Crippen LogP contribution in [0.3, 0.4) is 0 Å². The number of thiocarbonyl (C=S) groups is 1. The Kier molecular flexibility index (Phi) is 8.17. The topological polar surface area (TPSA) is 71.4 Å². The van der Waals surface area contributed by atoms with Crippen LogP contribution in [0.25, 0.3) is 6.08 Å². The molecule has 1 heterocycles. The summed E-state index contributed by atoms with van der Waals surface area (Å²) in [5.41, 5.74) is 2.35. The summed E-state index contributed by atoms with van der Waals surface area (Å²) in [7, 11) is 0. The summed E-state index contributed by atoms with van der Waals surface area (Å²) in [5.74, 6) is -0.330. The van der Waals surface area contributed by atoms with E-state index in [-0.39, 0.29) is 22.9 Å². The third-order valence-corrected chi connectivity index (χ3v) is 5.59. The fourth-order valence-electron chi connectivity index (χ4n) is 3.60. The summed E-state index contributed by atoms with van der Waals surface area (Å²) < 4.78 is 13.1. The summed E-state index contributed by atoms with van der Waals surface area (Å²) in [6, 6.07) is 11.7. The Hall–Kier alpha value is -2.99. The second-order valence-electron chi connectivity index (χ2n) is 7.50. The molecule has 2 aromatic carbocycles. The Balaban J connectivity index is 1.62. The number of amides is 1. The molecule has 32 heavy (non-hydrogen) atoms. The molecule has 0 saturated carbocycles. The molecule has 1 fully saturated rings. The van der Waals surface area contributed by atoms with Gasteiger partial charge in [-0.2, -0.15) is 5.26 Å². The molecular formula is C23H23ClFN5OS. The van der Waals surface area contributed by atoms with Gasteiger partial charge in [-0.15, -0.1) is 0 Å². The van der Waals surface area contributed by atoms with E-state index in [4.69, 9.17) is 29.1 Å². The lowest BCUT2D eigenvalue weighted by Gasteiger charge is -2.39. The first-order valence-corrected chi connectivity index (χ1v) is 10.9. The average Bonchev–Trinajstić information content (AvgIpc) is 2.75. The van der Waals surface area contributed by atoms with E-state index in [9.17, 15) is 9.18 Å². The van der Waals surface area contributed by atoms with Crippen molar-refractivity contribution in [3.8, 4) is 6.19 Å². The first-order valence-electron chi connectivity index (χ1n) is 10.1. The smallest absolute Gasteiger partial charge is 0.246 e. The SMILES string of the molecule is CC1CN(Cc2ccc(F)cc2)CCN1C(=O)/C=C/c1ccc(Cl)cc1NC(=S)NC#N. The molecule has 9 heteroatoms. The van der Waals surface area contributed by atoms with E-state index in [0.717, 1.165) is 25.2 Å². The molecule has 6 nitrogen and oxygen atoms in total. The van der Waals surface area contributed by atoms with Gasteiger partial charge in [-0.25, -0.2) is 4.39 Å². The van der Waals surface area contributed by atoms with Crippen LogP contribution in [0.5, 0.6) is 0 Å². The molecule has 1 amide bonds. The second kappa shape index (κ2) is 11.0. The molecule has 0 radical (unpaired) electrons. The predicted octanol–water partition coefficient (Wildman–Crippen LogP) is 3.99. The van der Waals surface area contributed by atoms with Crippen molar-refractivity contribution in [2.24, 2.45) is 0 Å². The van der Waals surface area contributed by atoms with Gasteiger partial charge < -0.3 is 10.2 Å². The molecule has 1 aliphatic heterocycles. The monoisotopic (exact) mass is 471 g/mol. The molecule has 166 valence electrons. The van der Waals surface area contributed by atoms with E-state index in [1.165, 1.54) is 18.2 Å². The van der Waals surface area contributed by atoms with Crippen molar-refractivity contribution in [1.29, 1.82) is 5.26 Å². The maximum absolute atomic E-state index is 13.1. The molecule has 1 atom stereocenters. The van der Waals surface area contributed by atoms with Crippen molar-refractivity contribution >= 4 is 46.6 Å². The van der Waals surface area contributed by atoms with Gasteiger partial charge in [0, 0.05) is 49.0 Å². The average molecular weight is 472 g/mol. The van der Waals surface area contributed by atoms with E-state index in [1.807, 2.05) is 11.8 Å². The third kappa shape index (κ3) is 6.50. The molecule has 1 saturated heterocycles. The van der Waals surface area contributed by atoms with E-state index >= 15 is 0 Å². The van der Waals surface area contributed by atoms with Gasteiger partial charge in [-0.05, 0) is 60.6 Å². The van der Waals surface area contributed by atoms with Crippen molar-refractivity contribution in [2.45, 2.75) is 19.5 Å². The minimum absolute atomic E-state index is 0.0385. The van der Waals surface area contributed by atoms with Crippen LogP contribution in [-0.4, -0.2) is 46.5 Å². The van der Waals surface area contributed by atoms with Gasteiger partial charge >= 0.3 is 0 Å². The molecular weight excluding hydrogens is 449 g/mol. The van der Waals surface area contributed by atoms with Crippen molar-refractivity contribution in [3.05, 3.63) is 70.5 Å². The molecule has 2 aromatic rings. The normalized spacial score (nSPS) is 16.6. The molecule has 0 aromatic heterocycles. The zero-order valence-corrected chi connectivity index (χ0v) is 19.1. The Morgan fingerprint density at radius 3 is 2.75 bits per heavy atom. The quantitative estimate of drug-likeness (QED) is 0.297. The van der Waals surface area contributed by atoms with Gasteiger partial charge in [0.15, 0.2) is 11.3 Å². The minimum Gasteiger partial charge on any atom is -0.334 e. The van der Waals surface area contributed by atoms with Crippen molar-refractivity contribution in [3.63, 3.8) is 0 Å². The van der Waals surface area contributed by atoms with Gasteiger partial charge in [0.2, 0.25) is 5.91 Å². The van der Waals surface area contributed by atoms with E-state index in [1.54, 1.807) is 42.6 Å². The van der Waals surface area contributed by atoms with E-state index in [0.29, 0.717) is 22.8 Å². The fraction of sp³-hybridized carbons (Fsp3) is 0.261. The van der Waals surface area contributed by atoms with Gasteiger partial charge in [0.1, 0.15) is 5.82 Å². The summed E-state index contributed by atoms with van der Waals surface area (Å²) in [5, 5.41) is 14.6. The lowest BCUT2D eigenvalue weighted by molar-refractivity contribution is -0.130. The summed E-state index contributed by atoms with van der Waals surface area (Å²) >= 11 is 11.1.